The first kappa shape index (κ1) is 23.2. The van der Waals surface area contributed by atoms with Gasteiger partial charge in [0.15, 0.2) is 13.2 Å². The lowest BCUT2D eigenvalue weighted by molar-refractivity contribution is -0.121. The fourth-order valence-electron chi connectivity index (χ4n) is 3.66. The lowest BCUT2D eigenvalue weighted by Crippen LogP contribution is -2.39. The van der Waals surface area contributed by atoms with E-state index in [4.69, 9.17) is 14.2 Å². The molecule has 2 amide bonds. The van der Waals surface area contributed by atoms with Crippen LogP contribution in [0.1, 0.15) is 18.9 Å². The molecular weight excluding hydrogens is 432 g/mol. The fraction of sp³-hybridized carbons (Fsp3) is 0.259. The summed E-state index contributed by atoms with van der Waals surface area (Å²) in [4.78, 5) is 26.6. The molecule has 0 radical (unpaired) electrons. The summed E-state index contributed by atoms with van der Waals surface area (Å²) in [6.07, 6.45) is 1.55. The normalized spacial score (nSPS) is 12.5. The molecule has 1 N–H and O–H groups in total. The number of amides is 2. The van der Waals surface area contributed by atoms with Crippen LogP contribution in [-0.2, 0) is 16.0 Å². The number of nitrogens with zero attached hydrogens (tertiary/aromatic N) is 1. The van der Waals surface area contributed by atoms with Gasteiger partial charge in [0, 0.05) is 12.2 Å². The number of carbonyl (C=O) groups excluding carboxylic acids is 2. The number of rotatable bonds is 10. The molecule has 34 heavy (non-hydrogen) atoms. The summed E-state index contributed by atoms with van der Waals surface area (Å²) in [6.45, 7) is 2.91. The molecule has 4 rings (SSSR count). The van der Waals surface area contributed by atoms with E-state index >= 15 is 0 Å². The van der Waals surface area contributed by atoms with Crippen LogP contribution < -0.4 is 24.4 Å². The van der Waals surface area contributed by atoms with Crippen LogP contribution in [0, 0.1) is 0 Å². The van der Waals surface area contributed by atoms with E-state index in [0.29, 0.717) is 42.4 Å². The molecule has 7 heteroatoms. The quantitative estimate of drug-likeness (QED) is 0.452. The number of carbonyl (C=O) groups is 2. The monoisotopic (exact) mass is 460 g/mol. The molecular formula is C27H28N2O5. The summed E-state index contributed by atoms with van der Waals surface area (Å²) in [7, 11) is 0. The lowest BCUT2D eigenvalue weighted by atomic mass is 10.2. The minimum atomic E-state index is -0.285. The van der Waals surface area contributed by atoms with Crippen LogP contribution in [0.3, 0.4) is 0 Å². The molecule has 176 valence electrons. The maximum absolute atomic E-state index is 12.5. The Hall–Kier alpha value is -4.00. The molecule has 1 aliphatic heterocycles. The van der Waals surface area contributed by atoms with E-state index in [1.807, 2.05) is 54.6 Å². The highest BCUT2D eigenvalue weighted by Gasteiger charge is 2.25. The third-order valence-electron chi connectivity index (χ3n) is 5.40. The number of hydrogen-bond acceptors (Lipinski definition) is 5. The van der Waals surface area contributed by atoms with Gasteiger partial charge >= 0.3 is 0 Å². The molecule has 0 aromatic heterocycles. The number of ether oxygens (including phenoxy) is 3. The highest BCUT2D eigenvalue weighted by Crippen LogP contribution is 2.34. The summed E-state index contributed by atoms with van der Waals surface area (Å²) in [6, 6.07) is 22.5. The Kier molecular flexibility index (Phi) is 7.65. The number of fused-ring (bicyclic) bond motifs is 1. The molecule has 0 bridgehead atoms. The Labute approximate surface area is 199 Å². The van der Waals surface area contributed by atoms with Crippen molar-refractivity contribution in [2.24, 2.45) is 0 Å². The topological polar surface area (TPSA) is 77.1 Å². The second-order valence-corrected chi connectivity index (χ2v) is 7.87. The Bertz CT molecular complexity index is 1130. The Balaban J connectivity index is 1.34. The molecule has 0 atom stereocenters. The Morgan fingerprint density at radius 1 is 1.00 bits per heavy atom. The zero-order chi connectivity index (χ0) is 23.8. The van der Waals surface area contributed by atoms with E-state index in [1.165, 1.54) is 0 Å². The average molecular weight is 461 g/mol. The van der Waals surface area contributed by atoms with Crippen LogP contribution >= 0.6 is 0 Å². The average Bonchev–Trinajstić information content (AvgIpc) is 2.87. The van der Waals surface area contributed by atoms with Crippen LogP contribution in [0.4, 0.5) is 11.4 Å². The first-order valence-electron chi connectivity index (χ1n) is 11.4. The highest BCUT2D eigenvalue weighted by molar-refractivity contribution is 5.99. The Morgan fingerprint density at radius 2 is 1.82 bits per heavy atom. The van der Waals surface area contributed by atoms with Gasteiger partial charge in [0.25, 0.3) is 11.8 Å². The zero-order valence-corrected chi connectivity index (χ0v) is 19.2. The van der Waals surface area contributed by atoms with Crippen LogP contribution in [0.2, 0.25) is 0 Å². The third kappa shape index (κ3) is 6.07. The highest BCUT2D eigenvalue weighted by atomic mass is 16.5. The van der Waals surface area contributed by atoms with E-state index in [1.54, 1.807) is 23.1 Å². The molecule has 3 aromatic carbocycles. The summed E-state index contributed by atoms with van der Waals surface area (Å²) in [5, 5.41) is 2.83. The van der Waals surface area contributed by atoms with Crippen molar-refractivity contribution in [3.63, 3.8) is 0 Å². The van der Waals surface area contributed by atoms with Crippen molar-refractivity contribution in [2.45, 2.75) is 19.8 Å². The molecule has 1 heterocycles. The van der Waals surface area contributed by atoms with E-state index < -0.39 is 0 Å². The maximum Gasteiger partial charge on any atom is 0.265 e. The molecule has 0 aliphatic carbocycles. The molecule has 0 spiro atoms. The molecule has 3 aromatic rings. The molecule has 1 aliphatic rings. The van der Waals surface area contributed by atoms with Gasteiger partial charge in [-0.2, -0.15) is 0 Å². The third-order valence-corrected chi connectivity index (χ3v) is 5.40. The molecule has 0 unspecified atom stereocenters. The number of hydrogen-bond donors (Lipinski definition) is 1. The predicted octanol–water partition coefficient (Wildman–Crippen LogP) is 4.46. The first-order chi connectivity index (χ1) is 16.6. The van der Waals surface area contributed by atoms with Crippen LogP contribution in [0.15, 0.2) is 72.8 Å². The fourth-order valence-corrected chi connectivity index (χ4v) is 3.66. The van der Waals surface area contributed by atoms with Crippen molar-refractivity contribution in [2.75, 3.05) is 36.6 Å². The largest absolute Gasteiger partial charge is 0.494 e. The second-order valence-electron chi connectivity index (χ2n) is 7.87. The summed E-state index contributed by atoms with van der Waals surface area (Å²) >= 11 is 0. The van der Waals surface area contributed by atoms with Gasteiger partial charge in [-0.15, -0.1) is 0 Å². The summed E-state index contributed by atoms with van der Waals surface area (Å²) in [5.74, 6) is 1.64. The van der Waals surface area contributed by atoms with Crippen molar-refractivity contribution in [1.29, 1.82) is 0 Å². The zero-order valence-electron chi connectivity index (χ0n) is 19.2. The standard InChI is InChI=1S/C27H28N2O5/c1-2-20-8-6-11-23(16-20)33-18-26(30)28-21-12-13-25-24(17-21)29(27(31)19-34-25)14-7-15-32-22-9-4-3-5-10-22/h3-6,8-13,16-17H,2,7,14-15,18-19H2,1H3,(H,28,30). The van der Waals surface area contributed by atoms with Gasteiger partial charge in [-0.1, -0.05) is 37.3 Å². The molecule has 0 saturated heterocycles. The molecule has 7 nitrogen and oxygen atoms in total. The van der Waals surface area contributed by atoms with Gasteiger partial charge in [-0.25, -0.2) is 0 Å². The van der Waals surface area contributed by atoms with Gasteiger partial charge < -0.3 is 24.4 Å². The van der Waals surface area contributed by atoms with Crippen molar-refractivity contribution < 1.29 is 23.8 Å². The van der Waals surface area contributed by atoms with E-state index in [0.717, 1.165) is 17.7 Å². The van der Waals surface area contributed by atoms with Gasteiger partial charge in [-0.05, 0) is 60.9 Å². The van der Waals surface area contributed by atoms with Crippen molar-refractivity contribution in [1.82, 2.24) is 0 Å². The number of anilines is 2. The van der Waals surface area contributed by atoms with Crippen LogP contribution in [0.25, 0.3) is 0 Å². The minimum Gasteiger partial charge on any atom is -0.494 e. The van der Waals surface area contributed by atoms with Crippen molar-refractivity contribution in [3.8, 4) is 17.2 Å². The van der Waals surface area contributed by atoms with Gasteiger partial charge in [0.1, 0.15) is 17.2 Å². The molecule has 0 fully saturated rings. The van der Waals surface area contributed by atoms with Gasteiger partial charge in [0.05, 0.1) is 12.3 Å². The van der Waals surface area contributed by atoms with Crippen LogP contribution in [-0.4, -0.2) is 38.2 Å². The number of para-hydroxylation sites is 1. The number of benzene rings is 3. The predicted molar refractivity (Wildman–Crippen MR) is 131 cm³/mol. The SMILES string of the molecule is CCc1cccc(OCC(=O)Nc2ccc3c(c2)N(CCCOc2ccccc2)C(=O)CO3)c1. The molecule has 0 saturated carbocycles. The van der Waals surface area contributed by atoms with Crippen molar-refractivity contribution in [3.05, 3.63) is 78.4 Å². The van der Waals surface area contributed by atoms with Crippen LogP contribution in [0.5, 0.6) is 17.2 Å². The first-order valence-corrected chi connectivity index (χ1v) is 11.4. The Morgan fingerprint density at radius 3 is 2.65 bits per heavy atom. The van der Waals surface area contributed by atoms with Crippen molar-refractivity contribution >= 4 is 23.2 Å². The van der Waals surface area contributed by atoms with E-state index in [-0.39, 0.29) is 25.0 Å². The summed E-state index contributed by atoms with van der Waals surface area (Å²) < 4.78 is 16.9. The second kappa shape index (κ2) is 11.2. The van der Waals surface area contributed by atoms with Gasteiger partial charge in [-0.3, -0.25) is 9.59 Å². The lowest BCUT2D eigenvalue weighted by Gasteiger charge is -2.29. The van der Waals surface area contributed by atoms with E-state index in [9.17, 15) is 9.59 Å². The smallest absolute Gasteiger partial charge is 0.265 e. The number of aryl methyl sites for hydroxylation is 1. The van der Waals surface area contributed by atoms with Gasteiger partial charge in [0.2, 0.25) is 0 Å². The van der Waals surface area contributed by atoms with E-state index in [2.05, 4.69) is 12.2 Å². The number of nitrogens with one attached hydrogen (secondary N) is 1. The maximum atomic E-state index is 12.5. The minimum absolute atomic E-state index is 0.0110. The summed E-state index contributed by atoms with van der Waals surface area (Å²) in [5.41, 5.74) is 2.34.